The van der Waals surface area contributed by atoms with Crippen molar-refractivity contribution in [3.05, 3.63) is 51.6 Å². The molecule has 1 heterocycles. The molecule has 2 rings (SSSR count). The molecular weight excluding hydrogens is 289 g/mol. The van der Waals surface area contributed by atoms with E-state index in [2.05, 4.69) is 24.3 Å². The molecule has 0 saturated heterocycles. The SMILES string of the molecule is CCc1nn(Cc2ccc(Cl)c(F)c2)c(CC)c1CNC. The first-order valence-electron chi connectivity index (χ1n) is 7.26. The van der Waals surface area contributed by atoms with Crippen LogP contribution in [0.3, 0.4) is 0 Å². The number of nitrogens with zero attached hydrogens (tertiary/aromatic N) is 2. The Kier molecular flexibility index (Phi) is 5.37. The van der Waals surface area contributed by atoms with Gasteiger partial charge >= 0.3 is 0 Å². The van der Waals surface area contributed by atoms with E-state index in [1.807, 2.05) is 17.8 Å². The first kappa shape index (κ1) is 16.0. The lowest BCUT2D eigenvalue weighted by atomic mass is 10.1. The van der Waals surface area contributed by atoms with E-state index in [9.17, 15) is 4.39 Å². The molecule has 0 saturated carbocycles. The Hall–Kier alpha value is -1.39. The molecule has 0 amide bonds. The molecule has 0 aliphatic carbocycles. The van der Waals surface area contributed by atoms with E-state index in [0.29, 0.717) is 6.54 Å². The maximum Gasteiger partial charge on any atom is 0.142 e. The fourth-order valence-electron chi connectivity index (χ4n) is 2.59. The van der Waals surface area contributed by atoms with Crippen molar-refractivity contribution >= 4 is 11.6 Å². The molecule has 0 unspecified atom stereocenters. The van der Waals surface area contributed by atoms with E-state index in [4.69, 9.17) is 11.6 Å². The Labute approximate surface area is 130 Å². The van der Waals surface area contributed by atoms with Gasteiger partial charge in [0, 0.05) is 17.8 Å². The van der Waals surface area contributed by atoms with Gasteiger partial charge in [-0.25, -0.2) is 4.39 Å². The molecule has 1 aromatic heterocycles. The number of hydrogen-bond donors (Lipinski definition) is 1. The highest BCUT2D eigenvalue weighted by molar-refractivity contribution is 6.30. The molecule has 0 spiro atoms. The van der Waals surface area contributed by atoms with Crippen molar-refractivity contribution in [1.82, 2.24) is 15.1 Å². The van der Waals surface area contributed by atoms with Crippen LogP contribution in [0.4, 0.5) is 4.39 Å². The summed E-state index contributed by atoms with van der Waals surface area (Å²) in [4.78, 5) is 0. The standard InChI is InChI=1S/C16H21ClFN3/c1-4-15-12(9-19-3)16(5-2)21(20-15)10-11-6-7-13(17)14(18)8-11/h6-8,19H,4-5,9-10H2,1-3H3. The number of rotatable bonds is 6. The number of hydrogen-bond acceptors (Lipinski definition) is 2. The van der Waals surface area contributed by atoms with Crippen molar-refractivity contribution in [2.75, 3.05) is 7.05 Å². The van der Waals surface area contributed by atoms with Gasteiger partial charge in [0.2, 0.25) is 0 Å². The minimum Gasteiger partial charge on any atom is -0.316 e. The third-order valence-corrected chi connectivity index (χ3v) is 3.90. The van der Waals surface area contributed by atoms with Crippen LogP contribution in [0.15, 0.2) is 18.2 Å². The fraction of sp³-hybridized carbons (Fsp3) is 0.438. The van der Waals surface area contributed by atoms with Gasteiger partial charge < -0.3 is 5.32 Å². The normalized spacial score (nSPS) is 11.1. The summed E-state index contributed by atoms with van der Waals surface area (Å²) in [5.74, 6) is -0.384. The minimum absolute atomic E-state index is 0.153. The summed E-state index contributed by atoms with van der Waals surface area (Å²) in [5, 5.41) is 8.04. The van der Waals surface area contributed by atoms with Crippen LogP contribution < -0.4 is 5.32 Å². The zero-order valence-electron chi connectivity index (χ0n) is 12.7. The zero-order valence-corrected chi connectivity index (χ0v) is 13.5. The molecule has 0 fully saturated rings. The molecule has 0 aliphatic heterocycles. The van der Waals surface area contributed by atoms with Gasteiger partial charge in [-0.3, -0.25) is 4.68 Å². The maximum absolute atomic E-state index is 13.6. The van der Waals surface area contributed by atoms with E-state index in [-0.39, 0.29) is 10.8 Å². The predicted octanol–water partition coefficient (Wildman–Crippen LogP) is 3.57. The Morgan fingerprint density at radius 2 is 2.05 bits per heavy atom. The Balaban J connectivity index is 2.36. The second-order valence-corrected chi connectivity index (χ2v) is 5.42. The number of aryl methyl sites for hydroxylation is 1. The lowest BCUT2D eigenvalue weighted by Gasteiger charge is -2.08. The third-order valence-electron chi connectivity index (χ3n) is 3.59. The Bertz CT molecular complexity index is 622. The van der Waals surface area contributed by atoms with Crippen molar-refractivity contribution in [2.24, 2.45) is 0 Å². The highest BCUT2D eigenvalue weighted by Gasteiger charge is 2.15. The molecule has 0 aliphatic rings. The monoisotopic (exact) mass is 309 g/mol. The van der Waals surface area contributed by atoms with Gasteiger partial charge in [-0.1, -0.05) is 31.5 Å². The van der Waals surface area contributed by atoms with Gasteiger partial charge in [-0.2, -0.15) is 5.10 Å². The fourth-order valence-corrected chi connectivity index (χ4v) is 2.71. The summed E-state index contributed by atoms with van der Waals surface area (Å²) >= 11 is 5.73. The maximum atomic E-state index is 13.6. The quantitative estimate of drug-likeness (QED) is 0.884. The van der Waals surface area contributed by atoms with Gasteiger partial charge in [-0.15, -0.1) is 0 Å². The largest absolute Gasteiger partial charge is 0.316 e. The highest BCUT2D eigenvalue weighted by Crippen LogP contribution is 2.20. The molecule has 1 N–H and O–H groups in total. The predicted molar refractivity (Wildman–Crippen MR) is 84.3 cm³/mol. The van der Waals surface area contributed by atoms with Crippen LogP contribution >= 0.6 is 11.6 Å². The third kappa shape index (κ3) is 3.44. The van der Waals surface area contributed by atoms with Crippen molar-refractivity contribution in [3.63, 3.8) is 0 Å². The Morgan fingerprint density at radius 1 is 1.29 bits per heavy atom. The smallest absolute Gasteiger partial charge is 0.142 e. The molecule has 114 valence electrons. The van der Waals surface area contributed by atoms with Gasteiger partial charge in [0.1, 0.15) is 5.82 Å². The summed E-state index contributed by atoms with van der Waals surface area (Å²) in [7, 11) is 1.94. The molecule has 1 aromatic carbocycles. The molecule has 3 nitrogen and oxygen atoms in total. The first-order valence-corrected chi connectivity index (χ1v) is 7.64. The zero-order chi connectivity index (χ0) is 15.4. The highest BCUT2D eigenvalue weighted by atomic mass is 35.5. The van der Waals surface area contributed by atoms with Crippen LogP contribution in [0.2, 0.25) is 5.02 Å². The van der Waals surface area contributed by atoms with Gasteiger partial charge in [0.05, 0.1) is 17.3 Å². The Morgan fingerprint density at radius 3 is 2.62 bits per heavy atom. The number of halogens is 2. The molecule has 0 radical (unpaired) electrons. The van der Waals surface area contributed by atoms with E-state index < -0.39 is 0 Å². The lowest BCUT2D eigenvalue weighted by Crippen LogP contribution is -2.10. The molecular formula is C16H21ClFN3. The second-order valence-electron chi connectivity index (χ2n) is 5.02. The summed E-state index contributed by atoms with van der Waals surface area (Å²) in [6.45, 7) is 5.59. The number of benzene rings is 1. The van der Waals surface area contributed by atoms with E-state index in [1.165, 1.54) is 17.3 Å². The van der Waals surface area contributed by atoms with Crippen LogP contribution in [0.25, 0.3) is 0 Å². The average Bonchev–Trinajstić information content (AvgIpc) is 2.80. The lowest BCUT2D eigenvalue weighted by molar-refractivity contribution is 0.611. The van der Waals surface area contributed by atoms with Gasteiger partial charge in [0.15, 0.2) is 0 Å². The van der Waals surface area contributed by atoms with Crippen molar-refractivity contribution in [2.45, 2.75) is 39.8 Å². The second kappa shape index (κ2) is 7.05. The number of nitrogens with one attached hydrogen (secondary N) is 1. The van der Waals surface area contributed by atoms with Crippen molar-refractivity contribution in [1.29, 1.82) is 0 Å². The van der Waals surface area contributed by atoms with Gasteiger partial charge in [0.25, 0.3) is 0 Å². The van der Waals surface area contributed by atoms with E-state index in [0.717, 1.165) is 30.6 Å². The summed E-state index contributed by atoms with van der Waals surface area (Å²) in [6.07, 6.45) is 1.80. The summed E-state index contributed by atoms with van der Waals surface area (Å²) in [5.41, 5.74) is 4.44. The van der Waals surface area contributed by atoms with Crippen molar-refractivity contribution in [3.8, 4) is 0 Å². The minimum atomic E-state index is -0.384. The van der Waals surface area contributed by atoms with E-state index in [1.54, 1.807) is 6.07 Å². The topological polar surface area (TPSA) is 29.9 Å². The summed E-state index contributed by atoms with van der Waals surface area (Å²) < 4.78 is 15.5. The molecule has 21 heavy (non-hydrogen) atoms. The molecule has 0 bridgehead atoms. The van der Waals surface area contributed by atoms with Crippen LogP contribution in [-0.2, 0) is 25.9 Å². The molecule has 5 heteroatoms. The van der Waals surface area contributed by atoms with Crippen LogP contribution in [0.5, 0.6) is 0 Å². The molecule has 0 atom stereocenters. The van der Waals surface area contributed by atoms with Crippen LogP contribution in [0, 0.1) is 5.82 Å². The van der Waals surface area contributed by atoms with Crippen molar-refractivity contribution < 1.29 is 4.39 Å². The van der Waals surface area contributed by atoms with Crippen LogP contribution in [0.1, 0.15) is 36.4 Å². The van der Waals surface area contributed by atoms with E-state index >= 15 is 0 Å². The molecule has 2 aromatic rings. The van der Waals surface area contributed by atoms with Gasteiger partial charge in [-0.05, 0) is 37.6 Å². The summed E-state index contributed by atoms with van der Waals surface area (Å²) in [6, 6.07) is 4.92. The average molecular weight is 310 g/mol. The number of aromatic nitrogens is 2. The van der Waals surface area contributed by atoms with Crippen LogP contribution in [-0.4, -0.2) is 16.8 Å². The first-order chi connectivity index (χ1) is 10.1.